The van der Waals surface area contributed by atoms with Crippen LogP contribution in [0.5, 0.6) is 0 Å². The molecule has 32 heavy (non-hydrogen) atoms. The number of amides is 1. The highest BCUT2D eigenvalue weighted by atomic mass is 16.5. The number of anilines is 2. The molecule has 0 atom stereocenters. The molecule has 1 fully saturated rings. The Balaban J connectivity index is 1.52. The van der Waals surface area contributed by atoms with Crippen molar-refractivity contribution in [1.29, 1.82) is 0 Å². The Morgan fingerprint density at radius 1 is 1.09 bits per heavy atom. The van der Waals surface area contributed by atoms with E-state index in [0.717, 1.165) is 35.6 Å². The zero-order valence-corrected chi connectivity index (χ0v) is 19.2. The van der Waals surface area contributed by atoms with Crippen molar-refractivity contribution in [3.8, 4) is 11.5 Å². The van der Waals surface area contributed by atoms with E-state index in [1.807, 2.05) is 74.1 Å². The molecule has 1 saturated heterocycles. The van der Waals surface area contributed by atoms with Crippen LogP contribution in [-0.4, -0.2) is 66.2 Å². The summed E-state index contributed by atoms with van der Waals surface area (Å²) in [5.41, 5.74) is 2.56. The van der Waals surface area contributed by atoms with Crippen LogP contribution >= 0.6 is 0 Å². The molecule has 0 radical (unpaired) electrons. The minimum Gasteiger partial charge on any atom is -0.378 e. The van der Waals surface area contributed by atoms with E-state index in [9.17, 15) is 4.79 Å². The van der Waals surface area contributed by atoms with Gasteiger partial charge in [0.25, 0.3) is 11.8 Å². The first-order chi connectivity index (χ1) is 15.4. The fourth-order valence-corrected chi connectivity index (χ4v) is 3.83. The van der Waals surface area contributed by atoms with Crippen molar-refractivity contribution in [3.63, 3.8) is 0 Å². The van der Waals surface area contributed by atoms with Gasteiger partial charge in [-0.1, -0.05) is 25.1 Å². The maximum absolute atomic E-state index is 13.2. The normalized spacial score (nSPS) is 14.5. The summed E-state index contributed by atoms with van der Waals surface area (Å²) in [5.74, 6) is 2.24. The topological polar surface area (TPSA) is 78.6 Å². The summed E-state index contributed by atoms with van der Waals surface area (Å²) >= 11 is 0. The number of nitrogens with zero attached hydrogens (tertiary/aromatic N) is 6. The van der Waals surface area contributed by atoms with Gasteiger partial charge in [0.15, 0.2) is 5.82 Å². The van der Waals surface area contributed by atoms with Gasteiger partial charge in [0.1, 0.15) is 5.82 Å². The molecule has 3 heterocycles. The van der Waals surface area contributed by atoms with Crippen LogP contribution in [0.2, 0.25) is 0 Å². The van der Waals surface area contributed by atoms with Crippen molar-refractivity contribution < 1.29 is 9.32 Å². The lowest BCUT2D eigenvalue weighted by molar-refractivity contribution is 0.0767. The minimum atomic E-state index is 0.0651. The van der Waals surface area contributed by atoms with E-state index in [1.54, 1.807) is 6.20 Å². The number of aromatic nitrogens is 3. The summed E-state index contributed by atoms with van der Waals surface area (Å²) in [6, 6.07) is 11.6. The predicted molar refractivity (Wildman–Crippen MR) is 125 cm³/mol. The highest BCUT2D eigenvalue weighted by molar-refractivity contribution is 5.95. The summed E-state index contributed by atoms with van der Waals surface area (Å²) in [6.45, 7) is 6.90. The van der Waals surface area contributed by atoms with E-state index in [-0.39, 0.29) is 11.8 Å². The quantitative estimate of drug-likeness (QED) is 0.606. The van der Waals surface area contributed by atoms with Crippen LogP contribution in [0.4, 0.5) is 11.5 Å². The monoisotopic (exact) mass is 434 g/mol. The molecular formula is C24H30N6O2. The lowest BCUT2D eigenvalue weighted by Gasteiger charge is -2.24. The zero-order valence-electron chi connectivity index (χ0n) is 19.2. The van der Waals surface area contributed by atoms with Gasteiger partial charge in [-0.2, -0.15) is 4.98 Å². The fraction of sp³-hybridized carbons (Fsp3) is 0.417. The second-order valence-corrected chi connectivity index (χ2v) is 8.56. The molecule has 168 valence electrons. The van der Waals surface area contributed by atoms with Crippen molar-refractivity contribution in [2.45, 2.75) is 26.2 Å². The number of benzene rings is 1. The number of carbonyl (C=O) groups excluding carboxylic acids is 1. The first-order valence-corrected chi connectivity index (χ1v) is 11.0. The molecule has 4 rings (SSSR count). The van der Waals surface area contributed by atoms with Gasteiger partial charge in [0.05, 0.1) is 5.56 Å². The van der Waals surface area contributed by atoms with E-state index in [2.05, 4.69) is 20.0 Å². The predicted octanol–water partition coefficient (Wildman–Crippen LogP) is 3.67. The Kier molecular flexibility index (Phi) is 6.39. The molecule has 1 amide bonds. The van der Waals surface area contributed by atoms with Gasteiger partial charge < -0.3 is 19.2 Å². The second kappa shape index (κ2) is 9.38. The Labute approximate surface area is 188 Å². The molecule has 0 saturated carbocycles. The van der Waals surface area contributed by atoms with Crippen LogP contribution in [0.3, 0.4) is 0 Å². The Bertz CT molecular complexity index is 1080. The Morgan fingerprint density at radius 2 is 1.94 bits per heavy atom. The summed E-state index contributed by atoms with van der Waals surface area (Å²) in [6.07, 6.45) is 2.63. The van der Waals surface area contributed by atoms with E-state index in [0.29, 0.717) is 31.3 Å². The van der Waals surface area contributed by atoms with Crippen LogP contribution in [0.15, 0.2) is 47.1 Å². The standard InChI is InChI=1S/C24H30N6O2/c1-17(2)21-26-23(32-27-21)20-10-6-11-25-22(20)29-12-7-13-30(15-14-29)24(31)18-8-5-9-19(16-18)28(3)4/h5-6,8-11,16-17H,7,12-15H2,1-4H3. The maximum atomic E-state index is 13.2. The third kappa shape index (κ3) is 4.59. The summed E-state index contributed by atoms with van der Waals surface area (Å²) in [7, 11) is 3.96. The van der Waals surface area contributed by atoms with Gasteiger partial charge >= 0.3 is 0 Å². The molecule has 8 nitrogen and oxygen atoms in total. The molecule has 8 heteroatoms. The van der Waals surface area contributed by atoms with Crippen LogP contribution in [0.25, 0.3) is 11.5 Å². The Hall–Kier alpha value is -3.42. The smallest absolute Gasteiger partial charge is 0.261 e. The fourth-order valence-electron chi connectivity index (χ4n) is 3.83. The van der Waals surface area contributed by atoms with Crippen molar-refractivity contribution in [2.24, 2.45) is 0 Å². The van der Waals surface area contributed by atoms with Gasteiger partial charge in [-0.15, -0.1) is 0 Å². The zero-order chi connectivity index (χ0) is 22.7. The van der Waals surface area contributed by atoms with Crippen molar-refractivity contribution >= 4 is 17.4 Å². The highest BCUT2D eigenvalue weighted by Crippen LogP contribution is 2.29. The molecule has 0 bridgehead atoms. The number of pyridine rings is 1. The average Bonchev–Trinajstić information content (AvgIpc) is 3.17. The Morgan fingerprint density at radius 3 is 2.69 bits per heavy atom. The summed E-state index contributed by atoms with van der Waals surface area (Å²) in [4.78, 5) is 28.5. The van der Waals surface area contributed by atoms with E-state index in [1.165, 1.54) is 0 Å². The number of hydrogen-bond acceptors (Lipinski definition) is 7. The molecule has 0 aliphatic carbocycles. The summed E-state index contributed by atoms with van der Waals surface area (Å²) < 4.78 is 5.53. The van der Waals surface area contributed by atoms with Gasteiger partial charge in [-0.05, 0) is 36.8 Å². The SMILES string of the molecule is CC(C)c1noc(-c2cccnc2N2CCCN(C(=O)c3cccc(N(C)C)c3)CC2)n1. The molecule has 1 aliphatic heterocycles. The molecule has 1 aromatic carbocycles. The molecule has 0 unspecified atom stereocenters. The first-order valence-electron chi connectivity index (χ1n) is 11.0. The minimum absolute atomic E-state index is 0.0651. The van der Waals surface area contributed by atoms with Crippen molar-refractivity contribution in [3.05, 3.63) is 54.0 Å². The molecule has 2 aromatic heterocycles. The van der Waals surface area contributed by atoms with Crippen molar-refractivity contribution in [1.82, 2.24) is 20.0 Å². The number of hydrogen-bond donors (Lipinski definition) is 0. The van der Waals surface area contributed by atoms with E-state index >= 15 is 0 Å². The largest absolute Gasteiger partial charge is 0.378 e. The maximum Gasteiger partial charge on any atom is 0.261 e. The first kappa shape index (κ1) is 21.8. The summed E-state index contributed by atoms with van der Waals surface area (Å²) in [5, 5.41) is 4.10. The van der Waals surface area contributed by atoms with Crippen LogP contribution in [0.1, 0.15) is 42.4 Å². The number of carbonyl (C=O) groups is 1. The second-order valence-electron chi connectivity index (χ2n) is 8.56. The van der Waals surface area contributed by atoms with Crippen molar-refractivity contribution in [2.75, 3.05) is 50.1 Å². The molecule has 0 spiro atoms. The van der Waals surface area contributed by atoms with Gasteiger partial charge in [0, 0.05) is 63.6 Å². The van der Waals surface area contributed by atoms with Gasteiger partial charge in [-0.3, -0.25) is 4.79 Å². The van der Waals surface area contributed by atoms with Gasteiger partial charge in [0.2, 0.25) is 0 Å². The third-order valence-corrected chi connectivity index (χ3v) is 5.67. The lowest BCUT2D eigenvalue weighted by Crippen LogP contribution is -2.35. The van der Waals surface area contributed by atoms with E-state index < -0.39 is 0 Å². The molecule has 1 aliphatic rings. The molecular weight excluding hydrogens is 404 g/mol. The highest BCUT2D eigenvalue weighted by Gasteiger charge is 2.24. The van der Waals surface area contributed by atoms with E-state index in [4.69, 9.17) is 4.52 Å². The van der Waals surface area contributed by atoms with Crippen LogP contribution < -0.4 is 9.80 Å². The average molecular weight is 435 g/mol. The lowest BCUT2D eigenvalue weighted by atomic mass is 10.1. The van der Waals surface area contributed by atoms with Gasteiger partial charge in [-0.25, -0.2) is 4.98 Å². The number of rotatable bonds is 5. The van der Waals surface area contributed by atoms with Crippen LogP contribution in [0, 0.1) is 0 Å². The third-order valence-electron chi connectivity index (χ3n) is 5.67. The molecule has 0 N–H and O–H groups in total. The van der Waals surface area contributed by atoms with Crippen LogP contribution in [-0.2, 0) is 0 Å². The molecule has 3 aromatic rings.